The molecule has 32 heavy (non-hydrogen) atoms. The molecule has 1 aromatic heterocycles. The summed E-state index contributed by atoms with van der Waals surface area (Å²) in [6.07, 6.45) is -2.69. The largest absolute Gasteiger partial charge is 0.573 e. The van der Waals surface area contributed by atoms with Gasteiger partial charge in [-0.25, -0.2) is 19.8 Å². The third-order valence-electron chi connectivity index (χ3n) is 5.00. The fourth-order valence-corrected chi connectivity index (χ4v) is 3.92. The Morgan fingerprint density at radius 2 is 1.81 bits per heavy atom. The van der Waals surface area contributed by atoms with Crippen molar-refractivity contribution in [2.45, 2.75) is 31.3 Å². The molecule has 1 spiro atoms. The van der Waals surface area contributed by atoms with Crippen molar-refractivity contribution in [3.8, 4) is 5.75 Å². The highest BCUT2D eigenvalue weighted by molar-refractivity contribution is 7.90. The highest BCUT2D eigenvalue weighted by Gasteiger charge is 2.65. The fourth-order valence-electron chi connectivity index (χ4n) is 3.52. The van der Waals surface area contributed by atoms with Gasteiger partial charge in [0.05, 0.1) is 5.69 Å². The lowest BCUT2D eigenvalue weighted by Crippen LogP contribution is -2.36. The van der Waals surface area contributed by atoms with Gasteiger partial charge in [-0.3, -0.25) is 9.52 Å². The van der Waals surface area contributed by atoms with Gasteiger partial charge in [0.15, 0.2) is 0 Å². The number of alkyl halides is 3. The molecular formula is C18H16F3N5O5S. The van der Waals surface area contributed by atoms with E-state index >= 15 is 0 Å². The molecule has 2 aliphatic rings. The van der Waals surface area contributed by atoms with Gasteiger partial charge < -0.3 is 9.64 Å². The topological polar surface area (TPSA) is 135 Å². The number of nitrogens with one attached hydrogen (secondary N) is 1. The average molecular weight is 471 g/mol. The maximum absolute atomic E-state index is 13.1. The number of benzene rings is 1. The fraction of sp³-hybridized carbons (Fsp3) is 0.278. The summed E-state index contributed by atoms with van der Waals surface area (Å²) < 4.78 is 65.3. The molecule has 10 nitrogen and oxygen atoms in total. The van der Waals surface area contributed by atoms with Gasteiger partial charge in [0.1, 0.15) is 17.1 Å². The molecule has 0 bridgehead atoms. The molecule has 2 heterocycles. The van der Waals surface area contributed by atoms with E-state index in [1.165, 1.54) is 29.3 Å². The van der Waals surface area contributed by atoms with Gasteiger partial charge >= 0.3 is 12.4 Å². The molecule has 0 atom stereocenters. The minimum absolute atomic E-state index is 0.0157. The van der Waals surface area contributed by atoms with Crippen LogP contribution in [0.1, 0.15) is 18.4 Å². The molecular weight excluding hydrogens is 455 g/mol. The van der Waals surface area contributed by atoms with Crippen molar-refractivity contribution in [3.63, 3.8) is 0 Å². The van der Waals surface area contributed by atoms with E-state index in [2.05, 4.69) is 9.72 Å². The molecule has 0 unspecified atom stereocenters. The number of ether oxygens (including phenoxy) is 1. The Morgan fingerprint density at radius 1 is 1.16 bits per heavy atom. The summed E-state index contributed by atoms with van der Waals surface area (Å²) in [7, 11) is -4.05. The second-order valence-electron chi connectivity index (χ2n) is 7.28. The second-order valence-corrected chi connectivity index (χ2v) is 8.57. The third-order valence-corrected chi connectivity index (χ3v) is 5.50. The molecule has 1 aromatic carbocycles. The maximum atomic E-state index is 13.1. The van der Waals surface area contributed by atoms with Crippen molar-refractivity contribution in [1.29, 1.82) is 0 Å². The number of halogens is 3. The highest BCUT2D eigenvalue weighted by atomic mass is 32.2. The van der Waals surface area contributed by atoms with Crippen molar-refractivity contribution >= 4 is 33.7 Å². The van der Waals surface area contributed by atoms with Gasteiger partial charge in [0.2, 0.25) is 0 Å². The van der Waals surface area contributed by atoms with Crippen molar-refractivity contribution in [1.82, 2.24) is 9.88 Å². The summed E-state index contributed by atoms with van der Waals surface area (Å²) in [6.45, 7) is -0.0157. The molecule has 0 radical (unpaired) electrons. The van der Waals surface area contributed by atoms with Crippen LogP contribution in [0.2, 0.25) is 0 Å². The summed E-state index contributed by atoms with van der Waals surface area (Å²) in [6, 6.07) is 6.70. The summed E-state index contributed by atoms with van der Waals surface area (Å²) >= 11 is 0. The van der Waals surface area contributed by atoms with E-state index in [0.717, 1.165) is 17.0 Å². The number of carbonyl (C=O) groups is 2. The Hall–Kier alpha value is -3.39. The number of pyridine rings is 1. The van der Waals surface area contributed by atoms with Crippen molar-refractivity contribution in [2.24, 2.45) is 5.14 Å². The number of hydrogen-bond acceptors (Lipinski definition) is 6. The minimum atomic E-state index is -4.86. The smallest absolute Gasteiger partial charge is 0.406 e. The van der Waals surface area contributed by atoms with E-state index in [1.54, 1.807) is 6.07 Å². The van der Waals surface area contributed by atoms with Crippen molar-refractivity contribution < 1.29 is 35.9 Å². The van der Waals surface area contributed by atoms with Gasteiger partial charge in [0, 0.05) is 12.7 Å². The van der Waals surface area contributed by atoms with Crippen LogP contribution in [0, 0.1) is 0 Å². The zero-order valence-corrected chi connectivity index (χ0v) is 17.0. The summed E-state index contributed by atoms with van der Waals surface area (Å²) in [4.78, 5) is 32.2. The van der Waals surface area contributed by atoms with Crippen LogP contribution in [-0.4, -0.2) is 42.1 Å². The Morgan fingerprint density at radius 3 is 2.38 bits per heavy atom. The highest BCUT2D eigenvalue weighted by Crippen LogP contribution is 2.49. The second kappa shape index (κ2) is 7.34. The number of hydrogen-bond donors (Lipinski definition) is 2. The molecule has 1 aliphatic carbocycles. The molecule has 3 amide bonds. The van der Waals surface area contributed by atoms with Crippen LogP contribution in [-0.2, 0) is 21.5 Å². The Bertz CT molecular complexity index is 1180. The van der Waals surface area contributed by atoms with E-state index in [9.17, 15) is 31.2 Å². The van der Waals surface area contributed by atoms with Gasteiger partial charge in [-0.2, -0.15) is 8.42 Å². The minimum Gasteiger partial charge on any atom is -0.406 e. The lowest BCUT2D eigenvalue weighted by Gasteiger charge is -2.21. The van der Waals surface area contributed by atoms with Crippen LogP contribution in [0.3, 0.4) is 0 Å². The number of anilines is 2. The molecule has 2 aromatic rings. The quantitative estimate of drug-likeness (QED) is 0.620. The molecule has 3 N–H and O–H groups in total. The Labute approximate surface area is 179 Å². The van der Waals surface area contributed by atoms with Crippen molar-refractivity contribution in [3.05, 3.63) is 48.2 Å². The Kier molecular flexibility index (Phi) is 5.01. The first kappa shape index (κ1) is 21.8. The molecule has 170 valence electrons. The van der Waals surface area contributed by atoms with Crippen LogP contribution in [0.5, 0.6) is 5.75 Å². The molecule has 4 rings (SSSR count). The molecule has 1 saturated heterocycles. The number of nitrogens with two attached hydrogens (primary N) is 1. The van der Waals surface area contributed by atoms with Gasteiger partial charge in [0.25, 0.3) is 16.1 Å². The molecule has 1 aliphatic heterocycles. The SMILES string of the molecule is NS(=O)(=O)Nc1cc(CN2C(=O)N(c3ccc(OC(F)(F)F)cc3)C(=O)C23CC3)ccn1. The molecule has 1 saturated carbocycles. The normalized spacial score (nSPS) is 17.8. The number of aromatic nitrogens is 1. The standard InChI is InChI=1S/C18H16F3N5O5S/c19-18(20,21)31-13-3-1-12(2-4-13)26-15(27)17(6-7-17)25(16(26)28)10-11-5-8-23-14(9-11)24-32(22,29)30/h1-5,8-9H,6-7,10H2,(H,23,24)(H2,22,29,30). The first-order valence-corrected chi connectivity index (χ1v) is 10.7. The van der Waals surface area contributed by atoms with Gasteiger partial charge in [-0.05, 0) is 54.8 Å². The predicted octanol–water partition coefficient (Wildman–Crippen LogP) is 2.10. The number of urea groups is 1. The van der Waals surface area contributed by atoms with Crippen LogP contribution >= 0.6 is 0 Å². The van der Waals surface area contributed by atoms with E-state index in [0.29, 0.717) is 18.4 Å². The number of amides is 3. The van der Waals surface area contributed by atoms with Crippen LogP contribution in [0.4, 0.5) is 29.5 Å². The lowest BCUT2D eigenvalue weighted by atomic mass is 10.2. The first-order chi connectivity index (χ1) is 14.9. The number of imide groups is 1. The number of nitrogens with zero attached hydrogens (tertiary/aromatic N) is 3. The van der Waals surface area contributed by atoms with Crippen LogP contribution < -0.4 is 19.5 Å². The predicted molar refractivity (Wildman–Crippen MR) is 104 cm³/mol. The number of carbonyl (C=O) groups excluding carboxylic acids is 2. The zero-order chi connectivity index (χ0) is 23.3. The van der Waals surface area contributed by atoms with Crippen molar-refractivity contribution in [2.75, 3.05) is 9.62 Å². The average Bonchev–Trinajstić information content (AvgIpc) is 3.43. The summed E-state index contributed by atoms with van der Waals surface area (Å²) in [5.74, 6) is -1.01. The van der Waals surface area contributed by atoms with Crippen LogP contribution in [0.15, 0.2) is 42.6 Å². The molecule has 2 fully saturated rings. The Balaban J connectivity index is 1.57. The van der Waals surface area contributed by atoms with Gasteiger partial charge in [-0.1, -0.05) is 0 Å². The third kappa shape index (κ3) is 4.31. The monoisotopic (exact) mass is 471 g/mol. The van der Waals surface area contributed by atoms with Gasteiger partial charge in [-0.15, -0.1) is 13.2 Å². The first-order valence-electron chi connectivity index (χ1n) is 9.15. The summed E-state index contributed by atoms with van der Waals surface area (Å²) in [5, 5.41) is 4.94. The maximum Gasteiger partial charge on any atom is 0.573 e. The zero-order valence-electron chi connectivity index (χ0n) is 16.2. The van der Waals surface area contributed by atoms with E-state index in [1.807, 2.05) is 4.72 Å². The van der Waals surface area contributed by atoms with E-state index in [-0.39, 0.29) is 18.1 Å². The molecule has 14 heteroatoms. The van der Waals surface area contributed by atoms with E-state index < -0.39 is 39.8 Å². The summed E-state index contributed by atoms with van der Waals surface area (Å²) in [5.41, 5.74) is -0.446. The van der Waals surface area contributed by atoms with Crippen LogP contribution in [0.25, 0.3) is 0 Å². The van der Waals surface area contributed by atoms with E-state index in [4.69, 9.17) is 5.14 Å². The number of rotatable bonds is 6. The lowest BCUT2D eigenvalue weighted by molar-refractivity contribution is -0.274.